The molecule has 162 valence electrons. The second-order valence-corrected chi connectivity index (χ2v) is 8.07. The molecule has 8 nitrogen and oxygen atoms in total. The van der Waals surface area contributed by atoms with Crippen LogP contribution in [0.15, 0.2) is 9.40 Å². The number of halogens is 4. The zero-order chi connectivity index (χ0) is 21.8. The van der Waals surface area contributed by atoms with Gasteiger partial charge < -0.3 is 15.1 Å². The van der Waals surface area contributed by atoms with Gasteiger partial charge in [0.05, 0.1) is 11.4 Å². The van der Waals surface area contributed by atoms with Gasteiger partial charge in [-0.3, -0.25) is 4.79 Å². The number of carbonyl (C=O) groups is 1. The molecule has 3 heterocycles. The van der Waals surface area contributed by atoms with E-state index in [2.05, 4.69) is 31.2 Å². The summed E-state index contributed by atoms with van der Waals surface area (Å²) in [6.07, 6.45) is -3.24. The van der Waals surface area contributed by atoms with Crippen LogP contribution in [0, 0.1) is 6.92 Å². The summed E-state index contributed by atoms with van der Waals surface area (Å²) < 4.78 is 39.9. The number of anilines is 1. The van der Waals surface area contributed by atoms with Crippen LogP contribution in [0.1, 0.15) is 31.2 Å². The Morgan fingerprint density at radius 2 is 2.07 bits per heavy atom. The zero-order valence-electron chi connectivity index (χ0n) is 16.2. The Bertz CT molecular complexity index is 1090. The smallest absolute Gasteiger partial charge is 0.361 e. The first-order valence-corrected chi connectivity index (χ1v) is 10.3. The first kappa shape index (κ1) is 21.0. The molecule has 4 rings (SSSR count). The second kappa shape index (κ2) is 7.49. The van der Waals surface area contributed by atoms with Crippen molar-refractivity contribution in [2.24, 2.45) is 0 Å². The molecule has 30 heavy (non-hydrogen) atoms. The van der Waals surface area contributed by atoms with Gasteiger partial charge in [-0.1, -0.05) is 6.92 Å². The lowest BCUT2D eigenvalue weighted by molar-refractivity contribution is -0.199. The molecule has 2 aliphatic rings. The Morgan fingerprint density at radius 1 is 1.33 bits per heavy atom. The van der Waals surface area contributed by atoms with Crippen LogP contribution < -0.4 is 20.5 Å². The molecule has 2 aromatic heterocycles. The number of nitrogens with zero attached hydrogens (tertiary/aromatic N) is 4. The summed E-state index contributed by atoms with van der Waals surface area (Å²) in [5.74, 6) is -2.39. The van der Waals surface area contributed by atoms with Gasteiger partial charge in [0.2, 0.25) is 5.43 Å². The third-order valence-corrected chi connectivity index (χ3v) is 6.31. The molecule has 0 aromatic carbocycles. The largest absolute Gasteiger partial charge is 0.493 e. The lowest BCUT2D eigenvalue weighted by atomic mass is 9.83. The Balaban J connectivity index is 1.99. The Kier molecular flexibility index (Phi) is 5.25. The van der Waals surface area contributed by atoms with Crippen molar-refractivity contribution < 1.29 is 22.8 Å². The summed E-state index contributed by atoms with van der Waals surface area (Å²) in [5, 5.41) is 3.38. The fourth-order valence-corrected chi connectivity index (χ4v) is 4.26. The number of hydrogen-bond donors (Lipinski definition) is 1. The number of nitrogens with one attached hydrogen (secondary N) is 1. The standard InChI is InChI=1S/C18H19BrF3N5O3/c1-3-10-13(26-7-6-23-9-4-5-11(9)26)14(28)12-16(24-8(2)15(19)25-12)27(10)30-17(29)18(20,21)22/h9,11,23H,3-7H2,1-2H3/t9-,11-/m0/s1. The van der Waals surface area contributed by atoms with Crippen LogP contribution in [0.5, 0.6) is 0 Å². The van der Waals surface area contributed by atoms with Gasteiger partial charge in [-0.2, -0.15) is 17.9 Å². The van der Waals surface area contributed by atoms with E-state index < -0.39 is 17.6 Å². The Morgan fingerprint density at radius 3 is 2.67 bits per heavy atom. The van der Waals surface area contributed by atoms with Crippen molar-refractivity contribution >= 4 is 38.8 Å². The molecule has 0 amide bonds. The van der Waals surface area contributed by atoms with Crippen LogP contribution in [0.3, 0.4) is 0 Å². The molecule has 1 saturated carbocycles. The lowest BCUT2D eigenvalue weighted by Crippen LogP contribution is -2.64. The molecule has 2 aromatic rings. The third-order valence-electron chi connectivity index (χ3n) is 5.56. The summed E-state index contributed by atoms with van der Waals surface area (Å²) in [6, 6.07) is 0.253. The fraction of sp³-hybridized carbons (Fsp3) is 0.556. The molecule has 1 N–H and O–H groups in total. The molecule has 2 fully saturated rings. The minimum atomic E-state index is -5.20. The molecule has 1 aliphatic heterocycles. The minimum absolute atomic E-state index is 0.0443. The summed E-state index contributed by atoms with van der Waals surface area (Å²) in [4.78, 5) is 40.1. The van der Waals surface area contributed by atoms with E-state index in [0.29, 0.717) is 18.8 Å². The van der Waals surface area contributed by atoms with Gasteiger partial charge >= 0.3 is 12.1 Å². The molecule has 0 radical (unpaired) electrons. The van der Waals surface area contributed by atoms with Crippen molar-refractivity contribution in [1.82, 2.24) is 20.0 Å². The molecular weight excluding hydrogens is 471 g/mol. The summed E-state index contributed by atoms with van der Waals surface area (Å²) in [7, 11) is 0. The van der Waals surface area contributed by atoms with Gasteiger partial charge in [0.15, 0.2) is 11.2 Å². The van der Waals surface area contributed by atoms with Crippen LogP contribution >= 0.6 is 15.9 Å². The van der Waals surface area contributed by atoms with Gasteiger partial charge in [-0.25, -0.2) is 14.8 Å². The van der Waals surface area contributed by atoms with Crippen molar-refractivity contribution in [2.45, 2.75) is 51.4 Å². The van der Waals surface area contributed by atoms with Gasteiger partial charge in [0, 0.05) is 25.2 Å². The van der Waals surface area contributed by atoms with E-state index in [9.17, 15) is 22.8 Å². The van der Waals surface area contributed by atoms with E-state index in [-0.39, 0.29) is 45.7 Å². The van der Waals surface area contributed by atoms with Crippen LogP contribution in [-0.4, -0.2) is 52.0 Å². The molecule has 0 bridgehead atoms. The van der Waals surface area contributed by atoms with Gasteiger partial charge in [0.1, 0.15) is 10.3 Å². The monoisotopic (exact) mass is 489 g/mol. The molecule has 1 saturated heterocycles. The van der Waals surface area contributed by atoms with Gasteiger partial charge in [-0.15, -0.1) is 0 Å². The number of carbonyl (C=O) groups excluding carboxylic acids is 1. The third kappa shape index (κ3) is 3.35. The van der Waals surface area contributed by atoms with Crippen LogP contribution in [0.2, 0.25) is 0 Å². The maximum atomic E-state index is 13.4. The Hall–Kier alpha value is -2.21. The van der Waals surface area contributed by atoms with E-state index in [4.69, 9.17) is 4.84 Å². The highest BCUT2D eigenvalue weighted by Gasteiger charge is 2.44. The molecule has 1 aliphatic carbocycles. The van der Waals surface area contributed by atoms with E-state index in [1.807, 2.05) is 4.90 Å². The Labute approximate surface area is 177 Å². The van der Waals surface area contributed by atoms with E-state index >= 15 is 0 Å². The number of pyridine rings is 1. The summed E-state index contributed by atoms with van der Waals surface area (Å²) in [6.45, 7) is 4.39. The van der Waals surface area contributed by atoms with Crippen molar-refractivity contribution in [1.29, 1.82) is 0 Å². The first-order chi connectivity index (χ1) is 14.1. The molecule has 2 atom stereocenters. The normalized spacial score (nSPS) is 21.3. The highest BCUT2D eigenvalue weighted by molar-refractivity contribution is 9.10. The van der Waals surface area contributed by atoms with Crippen LogP contribution in [-0.2, 0) is 11.2 Å². The predicted octanol–water partition coefficient (Wildman–Crippen LogP) is 1.88. The average molecular weight is 490 g/mol. The SMILES string of the molecule is CCc1c(N2CCN[C@H]3CC[C@@H]32)c(=O)c2nc(Br)c(C)nc2n1OC(=O)C(F)(F)F. The minimum Gasteiger partial charge on any atom is -0.361 e. The zero-order valence-corrected chi connectivity index (χ0v) is 17.8. The molecule has 0 spiro atoms. The predicted molar refractivity (Wildman–Crippen MR) is 105 cm³/mol. The summed E-state index contributed by atoms with van der Waals surface area (Å²) >= 11 is 3.21. The lowest BCUT2D eigenvalue weighted by Gasteiger charge is -2.50. The quantitative estimate of drug-likeness (QED) is 0.703. The highest BCUT2D eigenvalue weighted by Crippen LogP contribution is 2.33. The summed E-state index contributed by atoms with van der Waals surface area (Å²) in [5.41, 5.74) is -0.116. The fourth-order valence-electron chi connectivity index (χ4n) is 4.00. The average Bonchev–Trinajstić information content (AvgIpc) is 2.65. The maximum absolute atomic E-state index is 13.4. The number of rotatable bonds is 3. The first-order valence-electron chi connectivity index (χ1n) is 9.54. The number of aryl methyl sites for hydroxylation is 1. The van der Waals surface area contributed by atoms with Crippen molar-refractivity contribution in [2.75, 3.05) is 18.0 Å². The number of fused-ring (bicyclic) bond motifs is 2. The van der Waals surface area contributed by atoms with Crippen molar-refractivity contribution in [3.05, 3.63) is 26.2 Å². The highest BCUT2D eigenvalue weighted by atomic mass is 79.9. The van der Waals surface area contributed by atoms with E-state index in [1.54, 1.807) is 13.8 Å². The number of alkyl halides is 3. The van der Waals surface area contributed by atoms with Crippen LogP contribution in [0.4, 0.5) is 18.9 Å². The maximum Gasteiger partial charge on any atom is 0.493 e. The van der Waals surface area contributed by atoms with Crippen molar-refractivity contribution in [3.63, 3.8) is 0 Å². The second-order valence-electron chi connectivity index (χ2n) is 7.32. The number of hydrogen-bond acceptors (Lipinski definition) is 7. The number of piperazine rings is 1. The topological polar surface area (TPSA) is 89.3 Å². The molecule has 0 unspecified atom stereocenters. The van der Waals surface area contributed by atoms with Crippen LogP contribution in [0.25, 0.3) is 11.2 Å². The number of aromatic nitrogens is 3. The van der Waals surface area contributed by atoms with E-state index in [0.717, 1.165) is 17.6 Å². The molecule has 12 heteroatoms. The van der Waals surface area contributed by atoms with Gasteiger partial charge in [-0.05, 0) is 42.1 Å². The van der Waals surface area contributed by atoms with Gasteiger partial charge in [0.25, 0.3) is 0 Å². The molecular formula is C18H19BrF3N5O3. The van der Waals surface area contributed by atoms with E-state index in [1.165, 1.54) is 0 Å². The van der Waals surface area contributed by atoms with Crippen molar-refractivity contribution in [3.8, 4) is 0 Å².